The summed E-state index contributed by atoms with van der Waals surface area (Å²) in [6.45, 7) is 9.30. The number of nitriles is 1. The minimum absolute atomic E-state index is 0.0156. The number of alkyl carbamates (subject to hydrolysis) is 1. The van der Waals surface area contributed by atoms with Crippen LogP contribution in [-0.4, -0.2) is 96.5 Å². The number of hydrogen-bond donors (Lipinski definition) is 2. The quantitative estimate of drug-likeness (QED) is 0.219. The molecular weight excluding hydrogens is 614 g/mol. The predicted molar refractivity (Wildman–Crippen MR) is 177 cm³/mol. The number of nitrogens with one attached hydrogen (secondary N) is 2. The van der Waals surface area contributed by atoms with Crippen molar-refractivity contribution in [2.75, 3.05) is 32.8 Å². The van der Waals surface area contributed by atoms with Crippen LogP contribution in [-0.2, 0) is 23.8 Å². The molecule has 0 spiro atoms. The van der Waals surface area contributed by atoms with Crippen LogP contribution in [0, 0.1) is 11.3 Å². The molecular formula is C36H43N5O7. The van der Waals surface area contributed by atoms with Crippen LogP contribution in [0.5, 0.6) is 0 Å². The standard InChI is InChI=1S/C36H43N5O7/c1-5-17-46-33(43)31-18-23(38-20-30(39-34(44)48-36(2,3)4)32(42)40-16-10-11-24(40)19-37)21-41(31)35(45)47-22-29-27-14-8-6-12-25(27)26-13-7-9-15-28(26)29/h5-9,12-15,23-24,29-31,38H,1,10-11,16-18,20-22H2,2-4H3,(H,39,44)/t23-,24-,30-,31?/m0/s1. The number of fused-ring (bicyclic) bond motifs is 3. The topological polar surface area (TPSA) is 150 Å². The number of nitrogens with zero attached hydrogens (tertiary/aromatic N) is 3. The number of rotatable bonds is 10. The van der Waals surface area contributed by atoms with Gasteiger partial charge in [-0.3, -0.25) is 9.69 Å². The maximum atomic E-state index is 13.6. The molecule has 0 bridgehead atoms. The molecule has 1 aliphatic carbocycles. The summed E-state index contributed by atoms with van der Waals surface area (Å²) >= 11 is 0. The lowest BCUT2D eigenvalue weighted by Gasteiger charge is -2.28. The molecule has 2 aromatic carbocycles. The zero-order valence-electron chi connectivity index (χ0n) is 27.6. The Morgan fingerprint density at radius 2 is 1.71 bits per heavy atom. The highest BCUT2D eigenvalue weighted by atomic mass is 16.6. The van der Waals surface area contributed by atoms with Gasteiger partial charge in [-0.05, 0) is 62.3 Å². The molecule has 2 heterocycles. The van der Waals surface area contributed by atoms with Gasteiger partial charge in [0.05, 0.1) is 6.07 Å². The van der Waals surface area contributed by atoms with Gasteiger partial charge in [0.1, 0.15) is 36.9 Å². The van der Waals surface area contributed by atoms with Gasteiger partial charge in [-0.25, -0.2) is 14.4 Å². The fraction of sp³-hybridized carbons (Fsp3) is 0.472. The van der Waals surface area contributed by atoms with Gasteiger partial charge in [0.2, 0.25) is 5.91 Å². The molecule has 3 amide bonds. The lowest BCUT2D eigenvalue weighted by atomic mass is 9.98. The van der Waals surface area contributed by atoms with E-state index in [1.165, 1.54) is 15.9 Å². The van der Waals surface area contributed by atoms with Crippen LogP contribution in [0.3, 0.4) is 0 Å². The van der Waals surface area contributed by atoms with Crippen LogP contribution in [0.25, 0.3) is 11.1 Å². The lowest BCUT2D eigenvalue weighted by molar-refractivity contribution is -0.147. The van der Waals surface area contributed by atoms with Crippen LogP contribution in [0.4, 0.5) is 9.59 Å². The average Bonchev–Trinajstić information content (AvgIpc) is 3.79. The van der Waals surface area contributed by atoms with Gasteiger partial charge in [-0.1, -0.05) is 61.2 Å². The Morgan fingerprint density at radius 1 is 1.04 bits per heavy atom. The summed E-state index contributed by atoms with van der Waals surface area (Å²) in [5.41, 5.74) is 3.55. The number of likely N-dealkylation sites (tertiary alicyclic amines) is 2. The minimum atomic E-state index is -1.05. The van der Waals surface area contributed by atoms with Crippen LogP contribution in [0.1, 0.15) is 57.1 Å². The molecule has 0 radical (unpaired) electrons. The maximum absolute atomic E-state index is 13.6. The van der Waals surface area contributed by atoms with Crippen molar-refractivity contribution in [2.24, 2.45) is 0 Å². The summed E-state index contributed by atoms with van der Waals surface area (Å²) in [4.78, 5) is 55.8. The molecule has 2 N–H and O–H groups in total. The molecule has 5 rings (SSSR count). The average molecular weight is 658 g/mol. The number of hydrogen-bond acceptors (Lipinski definition) is 9. The molecule has 2 saturated heterocycles. The molecule has 4 atom stereocenters. The normalized spacial score (nSPS) is 20.7. The van der Waals surface area contributed by atoms with Crippen molar-refractivity contribution < 1.29 is 33.4 Å². The van der Waals surface area contributed by atoms with Gasteiger partial charge in [0.15, 0.2) is 0 Å². The second-order valence-corrected chi connectivity index (χ2v) is 13.2. The van der Waals surface area contributed by atoms with E-state index in [0.29, 0.717) is 19.4 Å². The van der Waals surface area contributed by atoms with Crippen molar-refractivity contribution in [3.05, 3.63) is 72.3 Å². The molecule has 12 nitrogen and oxygen atoms in total. The Labute approximate surface area is 281 Å². The Morgan fingerprint density at radius 3 is 2.33 bits per heavy atom. The number of benzene rings is 2. The van der Waals surface area contributed by atoms with Crippen molar-refractivity contribution in [2.45, 2.75) is 75.7 Å². The van der Waals surface area contributed by atoms with E-state index in [-0.39, 0.29) is 38.6 Å². The fourth-order valence-electron chi connectivity index (χ4n) is 6.62. The van der Waals surface area contributed by atoms with Crippen LogP contribution >= 0.6 is 0 Å². The van der Waals surface area contributed by atoms with Crippen molar-refractivity contribution in [1.82, 2.24) is 20.4 Å². The Bertz CT molecular complexity index is 1540. The zero-order chi connectivity index (χ0) is 34.4. The van der Waals surface area contributed by atoms with E-state index in [9.17, 15) is 24.4 Å². The summed E-state index contributed by atoms with van der Waals surface area (Å²) in [7, 11) is 0. The second-order valence-electron chi connectivity index (χ2n) is 13.2. The third-order valence-corrected chi connectivity index (χ3v) is 8.77. The highest BCUT2D eigenvalue weighted by Gasteiger charge is 2.43. The first kappa shape index (κ1) is 34.4. The van der Waals surface area contributed by atoms with E-state index in [2.05, 4.69) is 35.4 Å². The number of ether oxygens (including phenoxy) is 3. The smallest absolute Gasteiger partial charge is 0.410 e. The van der Waals surface area contributed by atoms with Crippen LogP contribution in [0.15, 0.2) is 61.2 Å². The Balaban J connectivity index is 1.28. The number of carbonyl (C=O) groups is 4. The van der Waals surface area contributed by atoms with Crippen molar-refractivity contribution >= 4 is 24.1 Å². The van der Waals surface area contributed by atoms with Crippen molar-refractivity contribution in [3.63, 3.8) is 0 Å². The lowest BCUT2D eigenvalue weighted by Crippen LogP contribution is -2.56. The summed E-state index contributed by atoms with van der Waals surface area (Å²) in [5.74, 6) is -1.16. The fourth-order valence-corrected chi connectivity index (χ4v) is 6.62. The molecule has 12 heteroatoms. The van der Waals surface area contributed by atoms with Gasteiger partial charge in [0.25, 0.3) is 0 Å². The monoisotopic (exact) mass is 657 g/mol. The molecule has 2 fully saturated rings. The molecule has 0 saturated carbocycles. The van der Waals surface area contributed by atoms with Crippen molar-refractivity contribution in [1.29, 1.82) is 5.26 Å². The molecule has 3 aliphatic rings. The van der Waals surface area contributed by atoms with Gasteiger partial charge in [-0.2, -0.15) is 5.26 Å². The predicted octanol–water partition coefficient (Wildman–Crippen LogP) is 4.11. The Hall–Kier alpha value is -4.89. The van der Waals surface area contributed by atoms with Gasteiger partial charge in [0, 0.05) is 31.6 Å². The number of amides is 3. The van der Waals surface area contributed by atoms with E-state index in [4.69, 9.17) is 14.2 Å². The van der Waals surface area contributed by atoms with Gasteiger partial charge < -0.3 is 29.7 Å². The Kier molecular flexibility index (Phi) is 10.7. The highest BCUT2D eigenvalue weighted by molar-refractivity contribution is 5.87. The van der Waals surface area contributed by atoms with E-state index < -0.39 is 53.8 Å². The summed E-state index contributed by atoms with van der Waals surface area (Å²) in [6.07, 6.45) is 1.45. The molecule has 254 valence electrons. The van der Waals surface area contributed by atoms with Crippen LogP contribution < -0.4 is 10.6 Å². The first-order valence-corrected chi connectivity index (χ1v) is 16.3. The van der Waals surface area contributed by atoms with E-state index in [0.717, 1.165) is 22.3 Å². The van der Waals surface area contributed by atoms with Crippen molar-refractivity contribution in [3.8, 4) is 17.2 Å². The molecule has 1 unspecified atom stereocenters. The van der Waals surface area contributed by atoms with Gasteiger partial charge >= 0.3 is 18.2 Å². The first-order chi connectivity index (χ1) is 23.0. The zero-order valence-corrected chi connectivity index (χ0v) is 27.6. The highest BCUT2D eigenvalue weighted by Crippen LogP contribution is 2.44. The summed E-state index contributed by atoms with van der Waals surface area (Å²) < 4.78 is 16.6. The third kappa shape index (κ3) is 7.80. The summed E-state index contributed by atoms with van der Waals surface area (Å²) in [6, 6.07) is 15.2. The molecule has 2 aromatic rings. The summed E-state index contributed by atoms with van der Waals surface area (Å²) in [5, 5.41) is 15.5. The molecule has 48 heavy (non-hydrogen) atoms. The number of esters is 1. The SMILES string of the molecule is C=CCOC(=O)C1C[C@H](NC[C@H](NC(=O)OC(C)(C)C)C(=O)N2CCC[C@H]2C#N)CN1C(=O)OCC1c2ccccc2-c2ccccc21. The van der Waals surface area contributed by atoms with E-state index in [1.807, 2.05) is 36.4 Å². The minimum Gasteiger partial charge on any atom is -0.460 e. The van der Waals surface area contributed by atoms with E-state index in [1.54, 1.807) is 20.8 Å². The first-order valence-electron chi connectivity index (χ1n) is 16.3. The van der Waals surface area contributed by atoms with E-state index >= 15 is 0 Å². The molecule has 2 aliphatic heterocycles. The third-order valence-electron chi connectivity index (χ3n) is 8.77. The maximum Gasteiger partial charge on any atom is 0.410 e. The van der Waals surface area contributed by atoms with Crippen LogP contribution in [0.2, 0.25) is 0 Å². The largest absolute Gasteiger partial charge is 0.460 e. The molecule has 0 aromatic heterocycles. The number of carbonyl (C=O) groups excluding carboxylic acids is 4. The second kappa shape index (κ2) is 14.9. The van der Waals surface area contributed by atoms with Gasteiger partial charge in [-0.15, -0.1) is 0 Å².